The van der Waals surface area contributed by atoms with Crippen molar-refractivity contribution in [1.29, 1.82) is 0 Å². The Morgan fingerprint density at radius 1 is 1.41 bits per heavy atom. The fourth-order valence-corrected chi connectivity index (χ4v) is 1.96. The summed E-state index contributed by atoms with van der Waals surface area (Å²) in [6.45, 7) is 8.03. The number of benzene rings is 1. The first kappa shape index (κ1) is 13.4. The number of phenols is 1. The Bertz CT molecular complexity index is 433. The largest absolute Gasteiger partial charge is 0.508 e. The highest BCUT2D eigenvalue weighted by molar-refractivity contribution is 5.41. The molecule has 0 amide bonds. The molecule has 17 heavy (non-hydrogen) atoms. The minimum Gasteiger partial charge on any atom is -0.508 e. The van der Waals surface area contributed by atoms with E-state index in [-0.39, 0.29) is 5.92 Å². The predicted octanol–water partition coefficient (Wildman–Crippen LogP) is 3.44. The molecule has 0 aliphatic rings. The van der Waals surface area contributed by atoms with Gasteiger partial charge >= 0.3 is 0 Å². The van der Waals surface area contributed by atoms with Crippen LogP contribution in [0.5, 0.6) is 5.75 Å². The van der Waals surface area contributed by atoms with Crippen LogP contribution in [0.25, 0.3) is 0 Å². The molecular weight excluding hydrogens is 210 g/mol. The van der Waals surface area contributed by atoms with Gasteiger partial charge in [0.25, 0.3) is 0 Å². The summed E-state index contributed by atoms with van der Waals surface area (Å²) in [5.74, 6) is 0.589. The Morgan fingerprint density at radius 3 is 2.53 bits per heavy atom. The van der Waals surface area contributed by atoms with Crippen molar-refractivity contribution in [3.8, 4) is 5.75 Å². The minimum absolute atomic E-state index is 0.274. The topological polar surface area (TPSA) is 23.5 Å². The normalized spacial score (nSPS) is 13.3. The third kappa shape index (κ3) is 3.38. The molecule has 0 aromatic heterocycles. The van der Waals surface area contributed by atoms with E-state index in [1.807, 2.05) is 38.1 Å². The van der Waals surface area contributed by atoms with Gasteiger partial charge in [-0.15, -0.1) is 0 Å². The maximum atomic E-state index is 9.42. The number of hydrogen-bond acceptors (Lipinski definition) is 2. The second-order valence-corrected chi connectivity index (χ2v) is 4.56. The monoisotopic (exact) mass is 231 g/mol. The van der Waals surface area contributed by atoms with E-state index < -0.39 is 0 Å². The fourth-order valence-electron chi connectivity index (χ4n) is 1.96. The minimum atomic E-state index is 0.274. The molecule has 0 heterocycles. The summed E-state index contributed by atoms with van der Waals surface area (Å²) >= 11 is 0. The molecule has 0 fully saturated rings. The molecule has 0 aliphatic carbocycles. The smallest absolute Gasteiger partial charge is 0.115 e. The van der Waals surface area contributed by atoms with Gasteiger partial charge in [-0.05, 0) is 35.8 Å². The van der Waals surface area contributed by atoms with Crippen LogP contribution >= 0.6 is 0 Å². The molecule has 0 saturated carbocycles. The molecule has 1 atom stereocenters. The number of allylic oxidation sites excluding steroid dienone is 2. The average Bonchev–Trinajstić information content (AvgIpc) is 2.24. The van der Waals surface area contributed by atoms with E-state index in [2.05, 4.69) is 19.7 Å². The molecule has 0 spiro atoms. The van der Waals surface area contributed by atoms with Crippen molar-refractivity contribution < 1.29 is 5.11 Å². The Balaban J connectivity index is 3.10. The lowest BCUT2D eigenvalue weighted by Crippen LogP contribution is -2.06. The second-order valence-electron chi connectivity index (χ2n) is 4.56. The Kier molecular flexibility index (Phi) is 4.38. The highest BCUT2D eigenvalue weighted by atomic mass is 16.3. The molecular formula is C15H21NO. The van der Waals surface area contributed by atoms with Crippen LogP contribution in [0.15, 0.2) is 42.6 Å². The van der Waals surface area contributed by atoms with E-state index >= 15 is 0 Å². The molecule has 92 valence electrons. The van der Waals surface area contributed by atoms with E-state index in [0.29, 0.717) is 5.75 Å². The zero-order valence-electron chi connectivity index (χ0n) is 11.1. The van der Waals surface area contributed by atoms with Crippen LogP contribution in [-0.4, -0.2) is 24.1 Å². The molecule has 1 N–H and O–H groups in total. The van der Waals surface area contributed by atoms with E-state index in [4.69, 9.17) is 0 Å². The van der Waals surface area contributed by atoms with Crippen LogP contribution < -0.4 is 0 Å². The van der Waals surface area contributed by atoms with Crippen molar-refractivity contribution in [1.82, 2.24) is 4.90 Å². The van der Waals surface area contributed by atoms with Gasteiger partial charge in [-0.1, -0.05) is 25.6 Å². The number of nitrogens with zero attached hydrogens (tertiary/aromatic N) is 1. The SMILES string of the molecule is C=C/C(=C\N(C)C)C(C)c1ccc(O)cc1C. The molecule has 0 bridgehead atoms. The van der Waals surface area contributed by atoms with Crippen molar-refractivity contribution in [2.24, 2.45) is 0 Å². The highest BCUT2D eigenvalue weighted by Crippen LogP contribution is 2.29. The van der Waals surface area contributed by atoms with Crippen molar-refractivity contribution in [3.05, 3.63) is 53.8 Å². The van der Waals surface area contributed by atoms with Crippen molar-refractivity contribution in [3.63, 3.8) is 0 Å². The van der Waals surface area contributed by atoms with E-state index in [0.717, 1.165) is 5.56 Å². The summed E-state index contributed by atoms with van der Waals surface area (Å²) in [6, 6.07) is 5.50. The summed E-state index contributed by atoms with van der Waals surface area (Å²) in [5, 5.41) is 9.42. The van der Waals surface area contributed by atoms with Gasteiger partial charge in [-0.2, -0.15) is 0 Å². The van der Waals surface area contributed by atoms with Gasteiger partial charge in [0.05, 0.1) is 0 Å². The third-order valence-corrected chi connectivity index (χ3v) is 2.86. The van der Waals surface area contributed by atoms with E-state index in [9.17, 15) is 5.11 Å². The van der Waals surface area contributed by atoms with Crippen molar-refractivity contribution in [2.75, 3.05) is 14.1 Å². The first-order valence-corrected chi connectivity index (χ1v) is 5.75. The summed E-state index contributed by atoms with van der Waals surface area (Å²) in [6.07, 6.45) is 3.96. The van der Waals surface area contributed by atoms with Gasteiger partial charge in [-0.3, -0.25) is 0 Å². The summed E-state index contributed by atoms with van der Waals surface area (Å²) in [4.78, 5) is 2.02. The Hall–Kier alpha value is -1.70. The van der Waals surface area contributed by atoms with E-state index in [1.165, 1.54) is 11.1 Å². The number of hydrogen-bond donors (Lipinski definition) is 1. The predicted molar refractivity (Wildman–Crippen MR) is 73.2 cm³/mol. The third-order valence-electron chi connectivity index (χ3n) is 2.86. The van der Waals surface area contributed by atoms with Crippen LogP contribution in [0.1, 0.15) is 24.0 Å². The van der Waals surface area contributed by atoms with Gasteiger partial charge in [-0.25, -0.2) is 0 Å². The van der Waals surface area contributed by atoms with Crippen LogP contribution in [0.2, 0.25) is 0 Å². The van der Waals surface area contributed by atoms with Gasteiger partial charge in [0.2, 0.25) is 0 Å². The second kappa shape index (κ2) is 5.58. The standard InChI is InChI=1S/C15H21NO/c1-6-13(10-16(4)5)12(3)15-8-7-14(17)9-11(15)2/h6-10,12,17H,1H2,2-5H3/b13-10+. The molecule has 1 unspecified atom stereocenters. The summed E-state index contributed by atoms with van der Waals surface area (Å²) in [7, 11) is 4.00. The lowest BCUT2D eigenvalue weighted by Gasteiger charge is -2.18. The zero-order valence-corrected chi connectivity index (χ0v) is 11.1. The summed E-state index contributed by atoms with van der Waals surface area (Å²) < 4.78 is 0. The van der Waals surface area contributed by atoms with Crippen molar-refractivity contribution in [2.45, 2.75) is 19.8 Å². The molecule has 0 saturated heterocycles. The highest BCUT2D eigenvalue weighted by Gasteiger charge is 2.12. The maximum Gasteiger partial charge on any atom is 0.115 e. The molecule has 0 aliphatic heterocycles. The van der Waals surface area contributed by atoms with Crippen LogP contribution in [0.3, 0.4) is 0 Å². The molecule has 0 radical (unpaired) electrons. The zero-order chi connectivity index (χ0) is 13.0. The number of rotatable bonds is 4. The fraction of sp³-hybridized carbons (Fsp3) is 0.333. The molecule has 1 aromatic carbocycles. The Morgan fingerprint density at radius 2 is 2.06 bits per heavy atom. The summed E-state index contributed by atoms with van der Waals surface area (Å²) in [5.41, 5.74) is 3.49. The first-order valence-electron chi connectivity index (χ1n) is 5.75. The lowest BCUT2D eigenvalue weighted by molar-refractivity contribution is 0.474. The van der Waals surface area contributed by atoms with E-state index in [1.54, 1.807) is 12.1 Å². The van der Waals surface area contributed by atoms with Gasteiger partial charge < -0.3 is 10.0 Å². The Labute approximate surface area is 104 Å². The van der Waals surface area contributed by atoms with Crippen LogP contribution in [0.4, 0.5) is 0 Å². The molecule has 2 heteroatoms. The number of aryl methyl sites for hydroxylation is 1. The van der Waals surface area contributed by atoms with Gasteiger partial charge in [0.1, 0.15) is 5.75 Å². The van der Waals surface area contributed by atoms with Gasteiger partial charge in [0, 0.05) is 26.2 Å². The maximum absolute atomic E-state index is 9.42. The van der Waals surface area contributed by atoms with Crippen molar-refractivity contribution >= 4 is 0 Å². The number of phenolic OH excluding ortho intramolecular Hbond substituents is 1. The molecule has 2 nitrogen and oxygen atoms in total. The lowest BCUT2D eigenvalue weighted by atomic mass is 9.90. The number of aromatic hydroxyl groups is 1. The quantitative estimate of drug-likeness (QED) is 0.802. The van der Waals surface area contributed by atoms with Crippen LogP contribution in [0, 0.1) is 6.92 Å². The van der Waals surface area contributed by atoms with Crippen LogP contribution in [-0.2, 0) is 0 Å². The average molecular weight is 231 g/mol. The molecule has 1 aromatic rings. The molecule has 1 rings (SSSR count). The van der Waals surface area contributed by atoms with Gasteiger partial charge in [0.15, 0.2) is 0 Å². The first-order chi connectivity index (χ1) is 7.95.